The number of sulfonamides is 1. The summed E-state index contributed by atoms with van der Waals surface area (Å²) in [5.74, 6) is -0.495. The number of anilines is 1. The first-order valence-electron chi connectivity index (χ1n) is 15.4. The van der Waals surface area contributed by atoms with Gasteiger partial charge in [0, 0.05) is 24.0 Å². The Labute approximate surface area is 280 Å². The highest BCUT2D eigenvalue weighted by molar-refractivity contribution is 9.10. The van der Waals surface area contributed by atoms with E-state index in [4.69, 9.17) is 4.74 Å². The van der Waals surface area contributed by atoms with Crippen LogP contribution in [0.2, 0.25) is 0 Å². The van der Waals surface area contributed by atoms with Gasteiger partial charge in [-0.2, -0.15) is 0 Å². The Morgan fingerprint density at radius 1 is 0.826 bits per heavy atom. The van der Waals surface area contributed by atoms with Crippen LogP contribution < -0.4 is 14.4 Å². The van der Waals surface area contributed by atoms with Gasteiger partial charge in [-0.05, 0) is 60.9 Å². The van der Waals surface area contributed by atoms with Crippen LogP contribution in [-0.4, -0.2) is 50.9 Å². The van der Waals surface area contributed by atoms with Gasteiger partial charge in [0.25, 0.3) is 10.0 Å². The number of carbonyl (C=O) groups excluding carboxylic acids is 2. The minimum Gasteiger partial charge on any atom is -0.492 e. The Balaban J connectivity index is 1.81. The SMILES string of the molecule is CCCCNC(=O)C(Cc1ccccc1)N(Cc1ccc(Br)cc1)C(=O)CN(c1ccccc1OCC)S(=O)(=O)c1ccccc1. The Bertz CT molecular complexity index is 1670. The van der Waals surface area contributed by atoms with Crippen LogP contribution in [0.25, 0.3) is 0 Å². The van der Waals surface area contributed by atoms with Crippen molar-refractivity contribution in [2.45, 2.75) is 50.6 Å². The fourth-order valence-corrected chi connectivity index (χ4v) is 6.73. The minimum absolute atomic E-state index is 0.0340. The zero-order chi connectivity index (χ0) is 32.9. The number of unbranched alkanes of at least 4 members (excludes halogenated alkanes) is 1. The fourth-order valence-electron chi connectivity index (χ4n) is 5.02. The van der Waals surface area contributed by atoms with E-state index in [9.17, 15) is 18.0 Å². The zero-order valence-electron chi connectivity index (χ0n) is 26.1. The number of hydrogen-bond donors (Lipinski definition) is 1. The summed E-state index contributed by atoms with van der Waals surface area (Å²) in [5.41, 5.74) is 1.91. The third kappa shape index (κ3) is 9.20. The molecule has 0 spiro atoms. The maximum Gasteiger partial charge on any atom is 0.264 e. The molecule has 0 saturated carbocycles. The molecule has 1 atom stereocenters. The van der Waals surface area contributed by atoms with Crippen molar-refractivity contribution in [3.05, 3.63) is 125 Å². The molecule has 4 aromatic carbocycles. The number of carbonyl (C=O) groups is 2. The van der Waals surface area contributed by atoms with E-state index >= 15 is 0 Å². The van der Waals surface area contributed by atoms with Gasteiger partial charge < -0.3 is 15.0 Å². The lowest BCUT2D eigenvalue weighted by atomic mass is 10.0. The Morgan fingerprint density at radius 2 is 1.46 bits per heavy atom. The summed E-state index contributed by atoms with van der Waals surface area (Å²) < 4.78 is 36.2. The molecular weight excluding hydrogens is 666 g/mol. The molecule has 0 radical (unpaired) electrons. The fraction of sp³-hybridized carbons (Fsp3) is 0.278. The van der Waals surface area contributed by atoms with E-state index in [1.54, 1.807) is 42.5 Å². The van der Waals surface area contributed by atoms with Crippen molar-refractivity contribution >= 4 is 43.5 Å². The standard InChI is InChI=1S/C36H40BrN3O5S/c1-3-5-24-38-36(42)33(25-28-14-8-6-9-15-28)39(26-29-20-22-30(37)23-21-29)35(41)27-40(32-18-12-13-19-34(32)45-4-2)46(43,44)31-16-10-7-11-17-31/h6-23,33H,3-5,24-27H2,1-2H3,(H,38,42). The van der Waals surface area contributed by atoms with Crippen molar-refractivity contribution in [3.8, 4) is 5.75 Å². The number of hydrogen-bond acceptors (Lipinski definition) is 5. The molecule has 2 amide bonds. The summed E-state index contributed by atoms with van der Waals surface area (Å²) in [6, 6.07) is 30.8. The third-order valence-electron chi connectivity index (χ3n) is 7.41. The number of halogens is 1. The highest BCUT2D eigenvalue weighted by Crippen LogP contribution is 2.33. The minimum atomic E-state index is -4.23. The van der Waals surface area contributed by atoms with Gasteiger partial charge in [-0.1, -0.05) is 102 Å². The van der Waals surface area contributed by atoms with Crippen molar-refractivity contribution in [1.82, 2.24) is 10.2 Å². The van der Waals surface area contributed by atoms with Gasteiger partial charge in [0.1, 0.15) is 18.3 Å². The summed E-state index contributed by atoms with van der Waals surface area (Å²) in [7, 11) is -4.23. The predicted octanol–water partition coefficient (Wildman–Crippen LogP) is 6.60. The van der Waals surface area contributed by atoms with Crippen LogP contribution in [0.3, 0.4) is 0 Å². The third-order valence-corrected chi connectivity index (χ3v) is 9.71. The largest absolute Gasteiger partial charge is 0.492 e. The zero-order valence-corrected chi connectivity index (χ0v) is 28.5. The first kappa shape index (κ1) is 34.7. The van der Waals surface area contributed by atoms with Crippen molar-refractivity contribution in [1.29, 1.82) is 0 Å². The molecule has 0 fully saturated rings. The first-order chi connectivity index (χ1) is 22.2. The van der Waals surface area contributed by atoms with Crippen LogP contribution in [0, 0.1) is 0 Å². The number of amides is 2. The van der Waals surface area contributed by atoms with E-state index in [1.807, 2.05) is 68.4 Å². The van der Waals surface area contributed by atoms with Gasteiger partial charge in [0.2, 0.25) is 11.8 Å². The van der Waals surface area contributed by atoms with Crippen molar-refractivity contribution in [2.75, 3.05) is 24.0 Å². The van der Waals surface area contributed by atoms with Crippen LogP contribution in [-0.2, 0) is 32.6 Å². The highest BCUT2D eigenvalue weighted by Gasteiger charge is 2.35. The van der Waals surface area contributed by atoms with E-state index < -0.39 is 28.5 Å². The summed E-state index contributed by atoms with van der Waals surface area (Å²) in [6.07, 6.45) is 1.94. The molecule has 1 unspecified atom stereocenters. The Hall–Kier alpha value is -4.15. The van der Waals surface area contributed by atoms with Crippen LogP contribution in [0.15, 0.2) is 119 Å². The molecule has 0 aliphatic rings. The van der Waals surface area contributed by atoms with Gasteiger partial charge in [0.05, 0.1) is 17.2 Å². The number of ether oxygens (including phenoxy) is 1. The molecule has 8 nitrogen and oxygen atoms in total. The molecular formula is C36H40BrN3O5S. The van der Waals surface area contributed by atoms with Crippen molar-refractivity contribution < 1.29 is 22.7 Å². The molecule has 10 heteroatoms. The number of para-hydroxylation sites is 2. The van der Waals surface area contributed by atoms with Crippen LogP contribution in [0.5, 0.6) is 5.75 Å². The van der Waals surface area contributed by atoms with E-state index in [2.05, 4.69) is 21.2 Å². The average Bonchev–Trinajstić information content (AvgIpc) is 3.07. The summed E-state index contributed by atoms with van der Waals surface area (Å²) in [5, 5.41) is 3.01. The monoisotopic (exact) mass is 705 g/mol. The van der Waals surface area contributed by atoms with E-state index in [-0.39, 0.29) is 29.5 Å². The molecule has 0 heterocycles. The number of nitrogens with one attached hydrogen (secondary N) is 1. The topological polar surface area (TPSA) is 96.0 Å². The molecule has 4 rings (SSSR count). The number of rotatable bonds is 16. The summed E-state index contributed by atoms with van der Waals surface area (Å²) in [4.78, 5) is 30.0. The van der Waals surface area contributed by atoms with Gasteiger partial charge in [-0.25, -0.2) is 8.42 Å². The lowest BCUT2D eigenvalue weighted by Crippen LogP contribution is -2.53. The normalized spacial score (nSPS) is 11.8. The van der Waals surface area contributed by atoms with Gasteiger partial charge in [-0.3, -0.25) is 13.9 Å². The second kappa shape index (κ2) is 17.0. The number of benzene rings is 4. The van der Waals surface area contributed by atoms with Crippen molar-refractivity contribution in [2.24, 2.45) is 0 Å². The van der Waals surface area contributed by atoms with Crippen molar-refractivity contribution in [3.63, 3.8) is 0 Å². The summed E-state index contributed by atoms with van der Waals surface area (Å²) >= 11 is 3.46. The molecule has 0 aliphatic heterocycles. The molecule has 4 aromatic rings. The van der Waals surface area contributed by atoms with E-state index in [0.717, 1.165) is 32.7 Å². The predicted molar refractivity (Wildman–Crippen MR) is 185 cm³/mol. The maximum absolute atomic E-state index is 14.6. The van der Waals surface area contributed by atoms with Crippen LogP contribution in [0.1, 0.15) is 37.8 Å². The Morgan fingerprint density at radius 3 is 2.11 bits per heavy atom. The molecule has 242 valence electrons. The van der Waals surface area contributed by atoms with E-state index in [1.165, 1.54) is 17.0 Å². The molecule has 46 heavy (non-hydrogen) atoms. The van der Waals surface area contributed by atoms with E-state index in [0.29, 0.717) is 18.9 Å². The van der Waals surface area contributed by atoms with Gasteiger partial charge in [-0.15, -0.1) is 0 Å². The quantitative estimate of drug-likeness (QED) is 0.133. The molecule has 0 bridgehead atoms. The van der Waals surface area contributed by atoms with Gasteiger partial charge >= 0.3 is 0 Å². The number of nitrogens with zero attached hydrogens (tertiary/aromatic N) is 2. The molecule has 1 N–H and O–H groups in total. The highest BCUT2D eigenvalue weighted by atomic mass is 79.9. The van der Waals surface area contributed by atoms with Crippen LogP contribution in [0.4, 0.5) is 5.69 Å². The lowest BCUT2D eigenvalue weighted by molar-refractivity contribution is -0.140. The summed E-state index contributed by atoms with van der Waals surface area (Å²) in [6.45, 7) is 4.17. The molecule has 0 aromatic heterocycles. The first-order valence-corrected chi connectivity index (χ1v) is 17.6. The molecule has 0 saturated heterocycles. The second-order valence-electron chi connectivity index (χ2n) is 10.7. The second-order valence-corrected chi connectivity index (χ2v) is 13.5. The maximum atomic E-state index is 14.6. The van der Waals surface area contributed by atoms with Gasteiger partial charge in [0.15, 0.2) is 0 Å². The lowest BCUT2D eigenvalue weighted by Gasteiger charge is -2.34. The average molecular weight is 707 g/mol. The Kier molecular flexibility index (Phi) is 12.8. The van der Waals surface area contributed by atoms with Crippen LogP contribution >= 0.6 is 15.9 Å². The smallest absolute Gasteiger partial charge is 0.264 e. The molecule has 0 aliphatic carbocycles.